The monoisotopic (exact) mass is 196 g/mol. The number of hydrogen-bond acceptors (Lipinski definition) is 6. The number of nitrogens with one attached hydrogen (secondary N) is 1. The molecule has 0 saturated carbocycles. The average molecular weight is 196 g/mol. The van der Waals surface area contributed by atoms with Crippen LogP contribution in [0.25, 0.3) is 0 Å². The van der Waals surface area contributed by atoms with Crippen molar-refractivity contribution in [2.75, 3.05) is 24.7 Å². The fraction of sp³-hybridized carbons (Fsp3) is 0.375. The summed E-state index contributed by atoms with van der Waals surface area (Å²) in [4.78, 5) is 18.5. The first-order valence-electron chi connectivity index (χ1n) is 4.03. The van der Waals surface area contributed by atoms with E-state index in [9.17, 15) is 4.79 Å². The zero-order valence-electron chi connectivity index (χ0n) is 8.07. The molecule has 1 aromatic heterocycles. The minimum absolute atomic E-state index is 0.0633. The molecule has 6 nitrogen and oxygen atoms in total. The Hall–Kier alpha value is -1.85. The third-order valence-corrected chi connectivity index (χ3v) is 1.62. The van der Waals surface area contributed by atoms with Crippen molar-refractivity contribution in [1.29, 1.82) is 0 Å². The van der Waals surface area contributed by atoms with Gasteiger partial charge in [-0.25, -0.2) is 4.98 Å². The molecule has 76 valence electrons. The number of nitrogen functional groups attached to an aromatic ring is 1. The number of nitrogens with zero attached hydrogens (tertiary/aromatic N) is 2. The van der Waals surface area contributed by atoms with E-state index in [2.05, 4.69) is 20.0 Å². The van der Waals surface area contributed by atoms with Crippen LogP contribution in [0.5, 0.6) is 0 Å². The van der Waals surface area contributed by atoms with Gasteiger partial charge in [0.2, 0.25) is 5.95 Å². The van der Waals surface area contributed by atoms with Gasteiger partial charge in [0.15, 0.2) is 0 Å². The maximum absolute atomic E-state index is 10.8. The third kappa shape index (κ3) is 2.58. The maximum Gasteiger partial charge on any atom is 0.325 e. The number of aromatic nitrogens is 2. The zero-order valence-corrected chi connectivity index (χ0v) is 8.07. The van der Waals surface area contributed by atoms with Gasteiger partial charge < -0.3 is 15.8 Å². The second-order valence-corrected chi connectivity index (χ2v) is 2.69. The van der Waals surface area contributed by atoms with E-state index in [-0.39, 0.29) is 18.5 Å². The van der Waals surface area contributed by atoms with E-state index in [4.69, 9.17) is 5.73 Å². The Morgan fingerprint density at radius 3 is 3.07 bits per heavy atom. The summed E-state index contributed by atoms with van der Waals surface area (Å²) in [6.07, 6.45) is 1.59. The summed E-state index contributed by atoms with van der Waals surface area (Å²) >= 11 is 0. The van der Waals surface area contributed by atoms with Crippen molar-refractivity contribution >= 4 is 17.7 Å². The average Bonchev–Trinajstić information content (AvgIpc) is 2.19. The second-order valence-electron chi connectivity index (χ2n) is 2.69. The van der Waals surface area contributed by atoms with Crippen LogP contribution in [0.2, 0.25) is 0 Å². The van der Waals surface area contributed by atoms with E-state index in [1.807, 2.05) is 6.92 Å². The smallest absolute Gasteiger partial charge is 0.325 e. The highest BCUT2D eigenvalue weighted by atomic mass is 16.5. The Bertz CT molecular complexity index is 340. The van der Waals surface area contributed by atoms with Gasteiger partial charge >= 0.3 is 5.97 Å². The highest BCUT2D eigenvalue weighted by Gasteiger charge is 2.04. The summed E-state index contributed by atoms with van der Waals surface area (Å²) in [5.41, 5.74) is 6.21. The van der Waals surface area contributed by atoms with Gasteiger partial charge in [-0.3, -0.25) is 4.79 Å². The molecule has 0 spiro atoms. The molecule has 0 amide bonds. The molecule has 0 radical (unpaired) electrons. The number of carbonyl (C=O) groups excluding carboxylic acids is 1. The van der Waals surface area contributed by atoms with Crippen molar-refractivity contribution in [2.24, 2.45) is 0 Å². The van der Waals surface area contributed by atoms with Gasteiger partial charge in [0, 0.05) is 11.8 Å². The zero-order chi connectivity index (χ0) is 10.6. The molecule has 0 saturated heterocycles. The predicted molar refractivity (Wildman–Crippen MR) is 51.7 cm³/mol. The number of rotatable bonds is 3. The van der Waals surface area contributed by atoms with Crippen LogP contribution in [0.1, 0.15) is 5.56 Å². The number of aryl methyl sites for hydroxylation is 1. The van der Waals surface area contributed by atoms with Gasteiger partial charge in [-0.05, 0) is 6.92 Å². The van der Waals surface area contributed by atoms with Gasteiger partial charge in [0.25, 0.3) is 0 Å². The number of ether oxygens (including phenoxy) is 1. The molecular formula is C8H12N4O2. The first-order chi connectivity index (χ1) is 6.63. The van der Waals surface area contributed by atoms with E-state index in [0.717, 1.165) is 5.56 Å². The molecule has 0 aliphatic heterocycles. The van der Waals surface area contributed by atoms with Gasteiger partial charge in [-0.2, -0.15) is 4.98 Å². The third-order valence-electron chi connectivity index (χ3n) is 1.62. The molecule has 0 unspecified atom stereocenters. The number of methoxy groups -OCH3 is 1. The van der Waals surface area contributed by atoms with Crippen LogP contribution in [0.3, 0.4) is 0 Å². The summed E-state index contributed by atoms with van der Waals surface area (Å²) in [6, 6.07) is 0. The minimum Gasteiger partial charge on any atom is -0.468 e. The topological polar surface area (TPSA) is 90.1 Å². The van der Waals surface area contributed by atoms with Gasteiger partial charge in [0.1, 0.15) is 12.4 Å². The van der Waals surface area contributed by atoms with Crippen molar-refractivity contribution in [3.05, 3.63) is 11.8 Å². The fourth-order valence-corrected chi connectivity index (χ4v) is 0.863. The lowest BCUT2D eigenvalue weighted by atomic mass is 10.3. The standard InChI is InChI=1S/C8H12N4O2/c1-5-3-11-8(9)12-7(5)10-4-6(13)14-2/h3H,4H2,1-2H3,(H3,9,10,11,12). The minimum atomic E-state index is -0.360. The lowest BCUT2D eigenvalue weighted by Crippen LogP contribution is -2.16. The highest BCUT2D eigenvalue weighted by Crippen LogP contribution is 2.09. The van der Waals surface area contributed by atoms with E-state index in [0.29, 0.717) is 5.82 Å². The van der Waals surface area contributed by atoms with Crippen LogP contribution >= 0.6 is 0 Å². The number of hydrogen-bond donors (Lipinski definition) is 2. The molecule has 0 aliphatic rings. The predicted octanol–water partition coefficient (Wildman–Crippen LogP) is -0.0479. The molecule has 0 fully saturated rings. The SMILES string of the molecule is COC(=O)CNc1nc(N)ncc1C. The van der Waals surface area contributed by atoms with E-state index >= 15 is 0 Å². The Kier molecular flexibility index (Phi) is 3.22. The van der Waals surface area contributed by atoms with Crippen LogP contribution in [-0.4, -0.2) is 29.6 Å². The molecule has 0 aliphatic carbocycles. The number of carbonyl (C=O) groups is 1. The molecule has 0 aromatic carbocycles. The highest BCUT2D eigenvalue weighted by molar-refractivity contribution is 5.74. The molecule has 1 aromatic rings. The largest absolute Gasteiger partial charge is 0.468 e. The molecule has 14 heavy (non-hydrogen) atoms. The van der Waals surface area contributed by atoms with Gasteiger partial charge in [0.05, 0.1) is 7.11 Å². The lowest BCUT2D eigenvalue weighted by molar-refractivity contribution is -0.138. The van der Waals surface area contributed by atoms with Crippen molar-refractivity contribution in [3.63, 3.8) is 0 Å². The Labute approximate surface area is 81.5 Å². The maximum atomic E-state index is 10.8. The fourth-order valence-electron chi connectivity index (χ4n) is 0.863. The summed E-state index contributed by atoms with van der Waals surface area (Å²) in [5, 5.41) is 2.80. The molecule has 0 bridgehead atoms. The molecular weight excluding hydrogens is 184 g/mol. The molecule has 6 heteroatoms. The number of esters is 1. The van der Waals surface area contributed by atoms with Gasteiger partial charge in [-0.1, -0.05) is 0 Å². The summed E-state index contributed by atoms with van der Waals surface area (Å²) in [5.74, 6) is 0.354. The van der Waals surface area contributed by atoms with Crippen molar-refractivity contribution in [3.8, 4) is 0 Å². The molecule has 1 heterocycles. The van der Waals surface area contributed by atoms with Crippen LogP contribution < -0.4 is 11.1 Å². The van der Waals surface area contributed by atoms with E-state index in [1.165, 1.54) is 7.11 Å². The quantitative estimate of drug-likeness (QED) is 0.659. The molecule has 0 atom stereocenters. The van der Waals surface area contributed by atoms with Crippen LogP contribution in [-0.2, 0) is 9.53 Å². The molecule has 3 N–H and O–H groups in total. The summed E-state index contributed by atoms with van der Waals surface area (Å²) in [6.45, 7) is 1.88. The Morgan fingerprint density at radius 2 is 2.43 bits per heavy atom. The summed E-state index contributed by atoms with van der Waals surface area (Å²) in [7, 11) is 1.32. The van der Waals surface area contributed by atoms with Crippen LogP contribution in [0.15, 0.2) is 6.20 Å². The van der Waals surface area contributed by atoms with Crippen LogP contribution in [0, 0.1) is 6.92 Å². The first kappa shape index (κ1) is 10.2. The number of nitrogens with two attached hydrogens (primary N) is 1. The first-order valence-corrected chi connectivity index (χ1v) is 4.03. The lowest BCUT2D eigenvalue weighted by Gasteiger charge is -2.06. The van der Waals surface area contributed by atoms with Crippen molar-refractivity contribution in [1.82, 2.24) is 9.97 Å². The second kappa shape index (κ2) is 4.40. The Morgan fingerprint density at radius 1 is 1.71 bits per heavy atom. The molecule has 1 rings (SSSR count). The van der Waals surface area contributed by atoms with E-state index in [1.54, 1.807) is 6.20 Å². The number of anilines is 2. The Balaban J connectivity index is 2.66. The summed E-state index contributed by atoms with van der Waals surface area (Å²) < 4.78 is 4.47. The van der Waals surface area contributed by atoms with Crippen LogP contribution in [0.4, 0.5) is 11.8 Å². The van der Waals surface area contributed by atoms with E-state index < -0.39 is 0 Å². The normalized spacial score (nSPS) is 9.57. The van der Waals surface area contributed by atoms with Crippen molar-refractivity contribution < 1.29 is 9.53 Å². The van der Waals surface area contributed by atoms with Gasteiger partial charge in [-0.15, -0.1) is 0 Å². The van der Waals surface area contributed by atoms with Crippen molar-refractivity contribution in [2.45, 2.75) is 6.92 Å².